The third-order valence-corrected chi connectivity index (χ3v) is 5.00. The predicted octanol–water partition coefficient (Wildman–Crippen LogP) is 2.28. The van der Waals surface area contributed by atoms with Crippen LogP contribution in [0.2, 0.25) is 5.02 Å². The molecule has 21 heavy (non-hydrogen) atoms. The first-order valence-electron chi connectivity index (χ1n) is 6.94. The molecule has 3 rings (SSSR count). The van der Waals surface area contributed by atoms with Gasteiger partial charge in [-0.25, -0.2) is 4.79 Å². The van der Waals surface area contributed by atoms with Crippen molar-refractivity contribution in [2.24, 2.45) is 0 Å². The molecule has 2 heterocycles. The third kappa shape index (κ3) is 1.90. The van der Waals surface area contributed by atoms with Crippen molar-refractivity contribution in [3.05, 3.63) is 28.3 Å². The van der Waals surface area contributed by atoms with E-state index in [1.165, 1.54) is 0 Å². The molecule has 2 aliphatic rings. The van der Waals surface area contributed by atoms with Gasteiger partial charge in [-0.05, 0) is 38.0 Å². The topological polar surface area (TPSA) is 67.6 Å². The normalized spacial score (nSPS) is 28.0. The number of benzene rings is 1. The van der Waals surface area contributed by atoms with Crippen LogP contribution in [0.5, 0.6) is 0 Å². The zero-order valence-corrected chi connectivity index (χ0v) is 12.6. The number of urea groups is 1. The summed E-state index contributed by atoms with van der Waals surface area (Å²) in [4.78, 5) is 16.0. The second kappa shape index (κ2) is 4.90. The molecule has 3 atom stereocenters. The van der Waals surface area contributed by atoms with Crippen molar-refractivity contribution in [1.82, 2.24) is 4.90 Å². The van der Waals surface area contributed by atoms with Crippen LogP contribution in [0, 0.1) is 18.3 Å². The Hall–Kier alpha value is -1.77. The van der Waals surface area contributed by atoms with Gasteiger partial charge in [0.25, 0.3) is 0 Å². The molecule has 2 aliphatic heterocycles. The zero-order chi connectivity index (χ0) is 15.3. The first-order valence-corrected chi connectivity index (χ1v) is 7.32. The van der Waals surface area contributed by atoms with Crippen molar-refractivity contribution in [2.75, 3.05) is 11.4 Å². The highest BCUT2D eigenvalue weighted by molar-refractivity contribution is 6.33. The Kier molecular flexibility index (Phi) is 3.31. The van der Waals surface area contributed by atoms with Crippen molar-refractivity contribution < 1.29 is 9.90 Å². The molecule has 2 fully saturated rings. The van der Waals surface area contributed by atoms with Gasteiger partial charge in [-0.15, -0.1) is 0 Å². The van der Waals surface area contributed by atoms with Gasteiger partial charge in [-0.2, -0.15) is 5.26 Å². The molecular formula is C15H16ClN3O2. The molecule has 1 unspecified atom stereocenters. The van der Waals surface area contributed by atoms with E-state index in [0.29, 0.717) is 34.8 Å². The van der Waals surface area contributed by atoms with Gasteiger partial charge in [0, 0.05) is 6.54 Å². The number of nitriles is 1. The number of carbonyl (C=O) groups is 1. The summed E-state index contributed by atoms with van der Waals surface area (Å²) in [5.41, 5.74) is 1.82. The standard InChI is InChI=1S/C15H16ClN3O2/c1-8-11(4-3-10(7-17)13(8)16)19-9(2)14-12(20)5-6-18(14)15(19)21/h3-4,9,12,14,20H,5-6H2,1-2H3/t9?,12-,14+/m0/s1. The molecule has 0 radical (unpaired) electrons. The summed E-state index contributed by atoms with van der Waals surface area (Å²) in [6.07, 6.45) is 0.143. The van der Waals surface area contributed by atoms with E-state index in [1.54, 1.807) is 28.9 Å². The highest BCUT2D eigenvalue weighted by Crippen LogP contribution is 2.38. The number of anilines is 1. The van der Waals surface area contributed by atoms with Gasteiger partial charge in [-0.1, -0.05) is 11.6 Å². The Morgan fingerprint density at radius 2 is 2.19 bits per heavy atom. The molecular weight excluding hydrogens is 290 g/mol. The first-order chi connectivity index (χ1) is 9.97. The molecule has 0 aliphatic carbocycles. The van der Waals surface area contributed by atoms with E-state index in [0.717, 1.165) is 0 Å². The van der Waals surface area contributed by atoms with Crippen molar-refractivity contribution in [1.29, 1.82) is 5.26 Å². The number of hydrogen-bond acceptors (Lipinski definition) is 3. The molecule has 1 aromatic carbocycles. The monoisotopic (exact) mass is 305 g/mol. The number of hydrogen-bond donors (Lipinski definition) is 1. The second-order valence-corrected chi connectivity index (χ2v) is 5.99. The number of amides is 2. The van der Waals surface area contributed by atoms with E-state index in [4.69, 9.17) is 16.9 Å². The van der Waals surface area contributed by atoms with Crippen molar-refractivity contribution >= 4 is 23.3 Å². The Labute approximate surface area is 128 Å². The highest BCUT2D eigenvalue weighted by Gasteiger charge is 2.50. The number of fused-ring (bicyclic) bond motifs is 1. The average Bonchev–Trinajstić information content (AvgIpc) is 2.95. The molecule has 5 nitrogen and oxygen atoms in total. The van der Waals surface area contributed by atoms with Crippen LogP contribution in [0.25, 0.3) is 0 Å². The molecule has 1 N–H and O–H groups in total. The summed E-state index contributed by atoms with van der Waals surface area (Å²) in [5, 5.41) is 19.5. The van der Waals surface area contributed by atoms with E-state index >= 15 is 0 Å². The summed E-state index contributed by atoms with van der Waals surface area (Å²) < 4.78 is 0. The SMILES string of the molecule is Cc1c(N2C(=O)N3CC[C@H](O)[C@H]3C2C)ccc(C#N)c1Cl. The summed E-state index contributed by atoms with van der Waals surface area (Å²) in [6.45, 7) is 4.32. The van der Waals surface area contributed by atoms with Gasteiger partial charge < -0.3 is 10.0 Å². The Morgan fingerprint density at radius 1 is 1.48 bits per heavy atom. The fourth-order valence-corrected chi connectivity index (χ4v) is 3.62. The summed E-state index contributed by atoms with van der Waals surface area (Å²) >= 11 is 6.20. The van der Waals surface area contributed by atoms with Gasteiger partial charge >= 0.3 is 6.03 Å². The molecule has 0 aromatic heterocycles. The number of nitrogens with zero attached hydrogens (tertiary/aromatic N) is 3. The minimum Gasteiger partial charge on any atom is -0.391 e. The van der Waals surface area contributed by atoms with E-state index in [1.807, 2.05) is 13.0 Å². The van der Waals surface area contributed by atoms with Crippen molar-refractivity contribution in [3.8, 4) is 6.07 Å². The molecule has 2 amide bonds. The predicted molar refractivity (Wildman–Crippen MR) is 79.4 cm³/mol. The minimum absolute atomic E-state index is 0.104. The Balaban J connectivity index is 2.04. The molecule has 0 bridgehead atoms. The summed E-state index contributed by atoms with van der Waals surface area (Å²) in [5.74, 6) is 0. The zero-order valence-electron chi connectivity index (χ0n) is 11.9. The maximum Gasteiger partial charge on any atom is 0.325 e. The fourth-order valence-electron chi connectivity index (χ4n) is 3.41. The number of aliphatic hydroxyl groups is 1. The number of carbonyl (C=O) groups excluding carboxylic acids is 1. The highest BCUT2D eigenvalue weighted by atomic mass is 35.5. The van der Waals surface area contributed by atoms with E-state index in [2.05, 4.69) is 0 Å². The number of halogens is 1. The largest absolute Gasteiger partial charge is 0.391 e. The van der Waals surface area contributed by atoms with E-state index < -0.39 is 6.10 Å². The van der Waals surface area contributed by atoms with Gasteiger partial charge in [0.2, 0.25) is 0 Å². The number of aliphatic hydroxyl groups excluding tert-OH is 1. The van der Waals surface area contributed by atoms with Crippen LogP contribution in [-0.4, -0.2) is 40.8 Å². The molecule has 2 saturated heterocycles. The maximum absolute atomic E-state index is 12.6. The quantitative estimate of drug-likeness (QED) is 0.865. The fraction of sp³-hybridized carbons (Fsp3) is 0.467. The van der Waals surface area contributed by atoms with Crippen LogP contribution < -0.4 is 4.90 Å². The Bertz CT molecular complexity index is 655. The third-order valence-electron chi connectivity index (χ3n) is 4.51. The molecule has 1 aromatic rings. The van der Waals surface area contributed by atoms with Crippen LogP contribution >= 0.6 is 11.6 Å². The summed E-state index contributed by atoms with van der Waals surface area (Å²) in [7, 11) is 0. The van der Waals surface area contributed by atoms with Gasteiger partial charge in [-0.3, -0.25) is 4.90 Å². The van der Waals surface area contributed by atoms with E-state index in [9.17, 15) is 9.90 Å². The lowest BCUT2D eigenvalue weighted by Crippen LogP contribution is -2.39. The maximum atomic E-state index is 12.6. The lowest BCUT2D eigenvalue weighted by Gasteiger charge is -2.26. The average molecular weight is 306 g/mol. The second-order valence-electron chi connectivity index (χ2n) is 5.62. The van der Waals surface area contributed by atoms with Crippen LogP contribution in [0.15, 0.2) is 12.1 Å². The van der Waals surface area contributed by atoms with Gasteiger partial charge in [0.1, 0.15) is 6.07 Å². The molecule has 0 saturated carbocycles. The van der Waals surface area contributed by atoms with Gasteiger partial charge in [0.15, 0.2) is 0 Å². The Morgan fingerprint density at radius 3 is 2.81 bits per heavy atom. The van der Waals surface area contributed by atoms with Gasteiger partial charge in [0.05, 0.1) is 34.5 Å². The molecule has 110 valence electrons. The van der Waals surface area contributed by atoms with Crippen molar-refractivity contribution in [3.63, 3.8) is 0 Å². The summed E-state index contributed by atoms with van der Waals surface area (Å²) in [6, 6.07) is 5.01. The van der Waals surface area contributed by atoms with Crippen LogP contribution in [0.3, 0.4) is 0 Å². The van der Waals surface area contributed by atoms with E-state index in [-0.39, 0.29) is 18.1 Å². The lowest BCUT2D eigenvalue weighted by molar-refractivity contribution is 0.133. The number of rotatable bonds is 1. The molecule has 6 heteroatoms. The van der Waals surface area contributed by atoms with Crippen LogP contribution in [0.1, 0.15) is 24.5 Å². The van der Waals surface area contributed by atoms with Crippen molar-refractivity contribution in [2.45, 2.75) is 38.5 Å². The first kappa shape index (κ1) is 14.2. The van der Waals surface area contributed by atoms with Crippen LogP contribution in [0.4, 0.5) is 10.5 Å². The lowest BCUT2D eigenvalue weighted by atomic mass is 10.0. The molecule has 0 spiro atoms. The minimum atomic E-state index is -0.483. The smallest absolute Gasteiger partial charge is 0.325 e. The van der Waals surface area contributed by atoms with Crippen LogP contribution in [-0.2, 0) is 0 Å².